The number of carbonyl (C=O) groups excluding carboxylic acids is 2. The Hall–Kier alpha value is -4.20. The van der Waals surface area contributed by atoms with E-state index < -0.39 is 0 Å². The summed E-state index contributed by atoms with van der Waals surface area (Å²) in [6, 6.07) is 17.9. The Morgan fingerprint density at radius 1 is 1.06 bits per heavy atom. The average Bonchev–Trinajstić information content (AvgIpc) is 3.19. The monoisotopic (exact) mass is 428 g/mol. The highest BCUT2D eigenvalue weighted by Gasteiger charge is 2.22. The van der Waals surface area contributed by atoms with Crippen LogP contribution in [-0.4, -0.2) is 26.4 Å². The number of rotatable bonds is 6. The molecule has 2 amide bonds. The third kappa shape index (κ3) is 4.29. The first-order valence-electron chi connectivity index (χ1n) is 10.3. The van der Waals surface area contributed by atoms with Crippen LogP contribution in [-0.2, 0) is 6.54 Å². The number of ketones is 1. The van der Waals surface area contributed by atoms with Crippen LogP contribution in [0, 0.1) is 0 Å². The smallest absolute Gasteiger partial charge is 0.319 e. The van der Waals surface area contributed by atoms with Crippen molar-refractivity contribution in [2.45, 2.75) is 26.3 Å². The van der Waals surface area contributed by atoms with Crippen LogP contribution in [0.25, 0.3) is 5.52 Å². The summed E-state index contributed by atoms with van der Waals surface area (Å²) >= 11 is 0. The van der Waals surface area contributed by atoms with Crippen LogP contribution >= 0.6 is 0 Å². The summed E-state index contributed by atoms with van der Waals surface area (Å²) in [7, 11) is 0. The van der Waals surface area contributed by atoms with Crippen LogP contribution in [0.5, 0.6) is 0 Å². The summed E-state index contributed by atoms with van der Waals surface area (Å²) in [5, 5.41) is 9.85. The summed E-state index contributed by atoms with van der Waals surface area (Å²) < 4.78 is 1.67. The Kier molecular flexibility index (Phi) is 5.85. The molecule has 2 heterocycles. The minimum absolute atomic E-state index is 0.139. The van der Waals surface area contributed by atoms with Crippen molar-refractivity contribution in [1.82, 2.24) is 19.9 Å². The zero-order chi connectivity index (χ0) is 22.7. The molecule has 4 aromatic rings. The summed E-state index contributed by atoms with van der Waals surface area (Å²) in [5.74, 6) is 0.161. The van der Waals surface area contributed by atoms with Gasteiger partial charge in [0.05, 0.1) is 5.56 Å². The topological polar surface area (TPSA) is 114 Å². The maximum atomic E-state index is 13.3. The third-order valence-corrected chi connectivity index (χ3v) is 5.12. The standard InChI is InChI=1S/C24H24N6O2/c1-15(2)20-12-19(21-23(25)27-14-28-30(20)21)22(31)17-9-6-10-18(11-17)29-24(32)26-13-16-7-4-3-5-8-16/h3-12,14-15H,13H2,1-2H3,(H2,25,27,28)(H2,26,29,32). The summed E-state index contributed by atoms with van der Waals surface area (Å²) in [6.45, 7) is 4.44. The van der Waals surface area contributed by atoms with E-state index in [9.17, 15) is 9.59 Å². The fourth-order valence-electron chi connectivity index (χ4n) is 3.52. The van der Waals surface area contributed by atoms with Crippen LogP contribution in [0.15, 0.2) is 67.0 Å². The van der Waals surface area contributed by atoms with E-state index in [1.165, 1.54) is 6.33 Å². The number of urea groups is 1. The van der Waals surface area contributed by atoms with Gasteiger partial charge in [0.25, 0.3) is 0 Å². The highest BCUT2D eigenvalue weighted by Crippen LogP contribution is 2.27. The van der Waals surface area contributed by atoms with Gasteiger partial charge in [0.15, 0.2) is 11.6 Å². The van der Waals surface area contributed by atoms with Crippen molar-refractivity contribution in [1.29, 1.82) is 0 Å². The Bertz CT molecular complexity index is 1280. The normalized spacial score (nSPS) is 11.0. The molecular formula is C24H24N6O2. The molecule has 0 saturated carbocycles. The molecule has 162 valence electrons. The third-order valence-electron chi connectivity index (χ3n) is 5.12. The molecule has 0 bridgehead atoms. The Morgan fingerprint density at radius 3 is 2.59 bits per heavy atom. The lowest BCUT2D eigenvalue weighted by Gasteiger charge is -2.09. The van der Waals surface area contributed by atoms with Crippen LogP contribution in [0.3, 0.4) is 0 Å². The number of nitrogens with one attached hydrogen (secondary N) is 2. The van der Waals surface area contributed by atoms with Crippen LogP contribution in [0.1, 0.15) is 46.9 Å². The molecule has 2 aromatic carbocycles. The predicted octanol–water partition coefficient (Wildman–Crippen LogP) is 3.99. The molecule has 8 nitrogen and oxygen atoms in total. The van der Waals surface area contributed by atoms with Gasteiger partial charge >= 0.3 is 6.03 Å². The lowest BCUT2D eigenvalue weighted by Crippen LogP contribution is -2.28. The molecule has 0 radical (unpaired) electrons. The quantitative estimate of drug-likeness (QED) is 0.402. The van der Waals surface area contributed by atoms with Gasteiger partial charge < -0.3 is 16.4 Å². The number of benzene rings is 2. The second-order valence-corrected chi connectivity index (χ2v) is 7.75. The summed E-state index contributed by atoms with van der Waals surface area (Å²) in [5.41, 5.74) is 9.79. The van der Waals surface area contributed by atoms with Crippen molar-refractivity contribution in [3.05, 3.63) is 89.4 Å². The molecule has 0 spiro atoms. The Balaban J connectivity index is 1.56. The molecule has 0 aliphatic rings. The van der Waals surface area contributed by atoms with Crippen molar-refractivity contribution in [3.8, 4) is 0 Å². The maximum Gasteiger partial charge on any atom is 0.319 e. The van der Waals surface area contributed by atoms with Crippen LogP contribution in [0.2, 0.25) is 0 Å². The van der Waals surface area contributed by atoms with E-state index in [0.717, 1.165) is 11.3 Å². The number of amides is 2. The van der Waals surface area contributed by atoms with Gasteiger partial charge in [0, 0.05) is 23.5 Å². The predicted molar refractivity (Wildman–Crippen MR) is 124 cm³/mol. The molecule has 4 N–H and O–H groups in total. The molecule has 0 unspecified atom stereocenters. The number of nitrogens with zero attached hydrogens (tertiary/aromatic N) is 3. The molecule has 0 fully saturated rings. The fraction of sp³-hybridized carbons (Fsp3) is 0.167. The van der Waals surface area contributed by atoms with Gasteiger partial charge in [-0.05, 0) is 29.7 Å². The van der Waals surface area contributed by atoms with Crippen molar-refractivity contribution < 1.29 is 9.59 Å². The van der Waals surface area contributed by atoms with Gasteiger partial charge in [0.1, 0.15) is 11.8 Å². The van der Waals surface area contributed by atoms with Crippen LogP contribution in [0.4, 0.5) is 16.3 Å². The van der Waals surface area contributed by atoms with E-state index in [2.05, 4.69) is 20.7 Å². The lowest BCUT2D eigenvalue weighted by molar-refractivity contribution is 0.104. The van der Waals surface area contributed by atoms with Crippen LogP contribution < -0.4 is 16.4 Å². The lowest BCUT2D eigenvalue weighted by atomic mass is 10.0. The highest BCUT2D eigenvalue weighted by molar-refractivity contribution is 6.15. The highest BCUT2D eigenvalue weighted by atomic mass is 16.2. The Labute approximate surface area is 185 Å². The SMILES string of the molecule is CC(C)c1cc(C(=O)c2cccc(NC(=O)NCc3ccccc3)c2)c2c(N)ncnn12. The second-order valence-electron chi connectivity index (χ2n) is 7.75. The van der Waals surface area contributed by atoms with Gasteiger partial charge in [-0.2, -0.15) is 5.10 Å². The zero-order valence-corrected chi connectivity index (χ0v) is 17.9. The van der Waals surface area contributed by atoms with E-state index in [0.29, 0.717) is 28.9 Å². The summed E-state index contributed by atoms with van der Waals surface area (Å²) in [6.07, 6.45) is 1.38. The van der Waals surface area contributed by atoms with Crippen molar-refractivity contribution in [2.75, 3.05) is 11.1 Å². The van der Waals surface area contributed by atoms with Crippen molar-refractivity contribution in [3.63, 3.8) is 0 Å². The molecule has 4 rings (SSSR count). The molecule has 0 aliphatic carbocycles. The van der Waals surface area contributed by atoms with Gasteiger partial charge in [-0.15, -0.1) is 0 Å². The molecule has 8 heteroatoms. The van der Waals surface area contributed by atoms with E-state index >= 15 is 0 Å². The maximum absolute atomic E-state index is 13.3. The fourth-order valence-corrected chi connectivity index (χ4v) is 3.52. The van der Waals surface area contributed by atoms with E-state index in [-0.39, 0.29) is 23.6 Å². The first-order chi connectivity index (χ1) is 15.4. The molecule has 32 heavy (non-hydrogen) atoms. The number of nitrogen functional groups attached to an aromatic ring is 1. The number of hydrogen-bond acceptors (Lipinski definition) is 5. The molecule has 0 aliphatic heterocycles. The minimum Gasteiger partial charge on any atom is -0.382 e. The molecule has 0 atom stereocenters. The zero-order valence-electron chi connectivity index (χ0n) is 17.9. The average molecular weight is 428 g/mol. The molecular weight excluding hydrogens is 404 g/mol. The van der Waals surface area contributed by atoms with Gasteiger partial charge in [-0.3, -0.25) is 4.79 Å². The second kappa shape index (κ2) is 8.89. The molecule has 0 saturated heterocycles. The number of hydrogen-bond donors (Lipinski definition) is 3. The summed E-state index contributed by atoms with van der Waals surface area (Å²) in [4.78, 5) is 29.7. The molecule has 2 aromatic heterocycles. The Morgan fingerprint density at radius 2 is 1.84 bits per heavy atom. The number of carbonyl (C=O) groups is 2. The van der Waals surface area contributed by atoms with Gasteiger partial charge in [-0.1, -0.05) is 56.3 Å². The van der Waals surface area contributed by atoms with E-state index in [1.807, 2.05) is 44.2 Å². The van der Waals surface area contributed by atoms with E-state index in [1.54, 1.807) is 34.8 Å². The van der Waals surface area contributed by atoms with Crippen molar-refractivity contribution in [2.24, 2.45) is 0 Å². The van der Waals surface area contributed by atoms with Gasteiger partial charge in [0.2, 0.25) is 0 Å². The number of anilines is 2. The minimum atomic E-state index is -0.354. The first-order valence-corrected chi connectivity index (χ1v) is 10.3. The largest absolute Gasteiger partial charge is 0.382 e. The first kappa shape index (κ1) is 21.0. The number of fused-ring (bicyclic) bond motifs is 1. The van der Waals surface area contributed by atoms with Gasteiger partial charge in [-0.25, -0.2) is 14.3 Å². The number of aromatic nitrogens is 3. The van der Waals surface area contributed by atoms with Crippen molar-refractivity contribution >= 4 is 28.8 Å². The number of nitrogens with two attached hydrogens (primary N) is 1. The van der Waals surface area contributed by atoms with E-state index in [4.69, 9.17) is 5.73 Å².